The molecule has 0 aliphatic heterocycles. The molecule has 2 aromatic heterocycles. The summed E-state index contributed by atoms with van der Waals surface area (Å²) in [5.74, 6) is 1.71. The molecular formula is C19H24N4O2. The number of aromatic nitrogens is 3. The van der Waals surface area contributed by atoms with Crippen LogP contribution in [0, 0.1) is 13.8 Å². The van der Waals surface area contributed by atoms with E-state index in [0.717, 1.165) is 23.3 Å². The molecule has 0 saturated heterocycles. The lowest BCUT2D eigenvalue weighted by Gasteiger charge is -2.06. The minimum atomic E-state index is 0.355. The van der Waals surface area contributed by atoms with Crippen LogP contribution < -0.4 is 5.73 Å². The molecule has 3 rings (SSSR count). The maximum atomic E-state index is 10.2. The number of anilines is 1. The zero-order valence-electron chi connectivity index (χ0n) is 14.8. The van der Waals surface area contributed by atoms with Crippen LogP contribution in [0.4, 0.5) is 5.82 Å². The highest BCUT2D eigenvalue weighted by Crippen LogP contribution is 2.16. The molecule has 3 aromatic rings. The second kappa shape index (κ2) is 8.82. The van der Waals surface area contributed by atoms with E-state index in [1.165, 1.54) is 5.56 Å². The molecule has 0 fully saturated rings. The van der Waals surface area contributed by atoms with Crippen molar-refractivity contribution in [1.29, 1.82) is 0 Å². The summed E-state index contributed by atoms with van der Waals surface area (Å²) in [4.78, 5) is 10.2. The van der Waals surface area contributed by atoms with Crippen molar-refractivity contribution in [2.45, 2.75) is 39.7 Å². The number of aryl methyl sites for hydroxylation is 2. The smallest absolute Gasteiger partial charge is 0.145 e. The van der Waals surface area contributed by atoms with Gasteiger partial charge in [-0.2, -0.15) is 5.10 Å². The molecule has 0 radical (unpaired) electrons. The van der Waals surface area contributed by atoms with Crippen LogP contribution in [0.25, 0.3) is 0 Å². The molecule has 0 saturated carbocycles. The van der Waals surface area contributed by atoms with Gasteiger partial charge in [-0.15, -0.1) is 0 Å². The Balaban J connectivity index is 0.000000186. The summed E-state index contributed by atoms with van der Waals surface area (Å²) in [7, 11) is 0. The van der Waals surface area contributed by atoms with Crippen molar-refractivity contribution in [3.63, 3.8) is 0 Å². The summed E-state index contributed by atoms with van der Waals surface area (Å²) in [6, 6.07) is 11.8. The summed E-state index contributed by atoms with van der Waals surface area (Å²) >= 11 is 0. The van der Waals surface area contributed by atoms with Crippen LogP contribution in [0.15, 0.2) is 47.1 Å². The molecule has 1 unspecified atom stereocenters. The number of aldehydes is 1. The summed E-state index contributed by atoms with van der Waals surface area (Å²) in [5, 5.41) is 7.96. The lowest BCUT2D eigenvalue weighted by Crippen LogP contribution is -2.02. The van der Waals surface area contributed by atoms with Crippen LogP contribution in [0.2, 0.25) is 0 Å². The molecule has 6 heteroatoms. The van der Waals surface area contributed by atoms with E-state index in [1.54, 1.807) is 10.7 Å². The Morgan fingerprint density at radius 2 is 1.96 bits per heavy atom. The minimum absolute atomic E-state index is 0.355. The van der Waals surface area contributed by atoms with Gasteiger partial charge in [0.05, 0.1) is 12.2 Å². The third-order valence-electron chi connectivity index (χ3n) is 3.98. The molecule has 0 bridgehead atoms. The van der Waals surface area contributed by atoms with Gasteiger partial charge < -0.3 is 15.1 Å². The van der Waals surface area contributed by atoms with Gasteiger partial charge in [0.1, 0.15) is 17.9 Å². The third-order valence-corrected chi connectivity index (χ3v) is 3.98. The van der Waals surface area contributed by atoms with E-state index in [0.29, 0.717) is 24.7 Å². The zero-order chi connectivity index (χ0) is 18.2. The number of nitrogens with two attached hydrogens (primary N) is 1. The summed E-state index contributed by atoms with van der Waals surface area (Å²) in [6.45, 7) is 6.52. The highest BCUT2D eigenvalue weighted by molar-refractivity contribution is 5.51. The first-order valence-corrected chi connectivity index (χ1v) is 8.20. The van der Waals surface area contributed by atoms with Crippen molar-refractivity contribution in [3.8, 4) is 0 Å². The number of benzene rings is 1. The van der Waals surface area contributed by atoms with Crippen molar-refractivity contribution in [3.05, 3.63) is 65.2 Å². The molecule has 132 valence electrons. The predicted molar refractivity (Wildman–Crippen MR) is 97.3 cm³/mol. The Hall–Kier alpha value is -2.89. The second-order valence-electron chi connectivity index (χ2n) is 5.96. The largest absolute Gasteiger partial charge is 0.382 e. The van der Waals surface area contributed by atoms with Crippen LogP contribution in [-0.2, 0) is 11.3 Å². The quantitative estimate of drug-likeness (QED) is 0.718. The Bertz CT molecular complexity index is 773. The molecule has 1 atom stereocenters. The maximum Gasteiger partial charge on any atom is 0.145 e. The molecule has 0 aliphatic carbocycles. The molecule has 25 heavy (non-hydrogen) atoms. The van der Waals surface area contributed by atoms with Gasteiger partial charge in [-0.05, 0) is 31.4 Å². The van der Waals surface area contributed by atoms with E-state index in [9.17, 15) is 4.79 Å². The number of carbonyl (C=O) groups excluding carboxylic acids is 1. The van der Waals surface area contributed by atoms with E-state index in [2.05, 4.69) is 17.2 Å². The molecule has 2 N–H and O–H groups in total. The van der Waals surface area contributed by atoms with Crippen LogP contribution in [0.5, 0.6) is 0 Å². The molecule has 0 amide bonds. The Morgan fingerprint density at radius 1 is 1.24 bits per heavy atom. The fourth-order valence-electron chi connectivity index (χ4n) is 2.42. The van der Waals surface area contributed by atoms with Crippen LogP contribution in [0.3, 0.4) is 0 Å². The second-order valence-corrected chi connectivity index (χ2v) is 5.96. The van der Waals surface area contributed by atoms with E-state index in [4.69, 9.17) is 10.3 Å². The van der Waals surface area contributed by atoms with Gasteiger partial charge in [0, 0.05) is 18.2 Å². The third kappa shape index (κ3) is 5.31. The molecule has 1 aromatic carbocycles. The minimum Gasteiger partial charge on any atom is -0.382 e. The van der Waals surface area contributed by atoms with Gasteiger partial charge in [-0.25, -0.2) is 0 Å². The SMILES string of the molecule is CC(CC=O)c1ccccc1.Cc1noc(C)c1Cn1ccc(N)n1. The van der Waals surface area contributed by atoms with Crippen molar-refractivity contribution in [1.82, 2.24) is 14.9 Å². The van der Waals surface area contributed by atoms with Crippen molar-refractivity contribution < 1.29 is 9.32 Å². The number of rotatable bonds is 5. The van der Waals surface area contributed by atoms with Gasteiger partial charge in [0.25, 0.3) is 0 Å². The number of hydrogen-bond acceptors (Lipinski definition) is 5. The van der Waals surface area contributed by atoms with Crippen molar-refractivity contribution >= 4 is 12.1 Å². The average molecular weight is 340 g/mol. The number of nitrogens with zero attached hydrogens (tertiary/aromatic N) is 3. The van der Waals surface area contributed by atoms with Gasteiger partial charge in [-0.1, -0.05) is 42.4 Å². The van der Waals surface area contributed by atoms with E-state index < -0.39 is 0 Å². The summed E-state index contributed by atoms with van der Waals surface area (Å²) in [5.41, 5.74) is 8.71. The highest BCUT2D eigenvalue weighted by atomic mass is 16.5. The average Bonchev–Trinajstić information content (AvgIpc) is 3.17. The predicted octanol–water partition coefficient (Wildman–Crippen LogP) is 3.50. The zero-order valence-corrected chi connectivity index (χ0v) is 14.8. The number of nitrogen functional groups attached to an aromatic ring is 1. The topological polar surface area (TPSA) is 86.9 Å². The number of carbonyl (C=O) groups is 1. The lowest BCUT2D eigenvalue weighted by molar-refractivity contribution is -0.108. The van der Waals surface area contributed by atoms with Crippen LogP contribution in [0.1, 0.15) is 41.8 Å². The summed E-state index contributed by atoms with van der Waals surface area (Å²) in [6.07, 6.45) is 3.42. The van der Waals surface area contributed by atoms with Crippen molar-refractivity contribution in [2.75, 3.05) is 5.73 Å². The standard InChI is InChI=1S/C10H12O.C9H12N4O/c1-9(7-8-11)10-5-3-2-4-6-10;1-6-8(7(2)14-12-6)5-13-4-3-9(10)11-13/h2-6,8-9H,7H2,1H3;3-4H,5H2,1-2H3,(H2,10,11). The fraction of sp³-hybridized carbons (Fsp3) is 0.316. The van der Waals surface area contributed by atoms with Crippen LogP contribution in [-0.4, -0.2) is 21.2 Å². The lowest BCUT2D eigenvalue weighted by atomic mass is 9.99. The van der Waals surface area contributed by atoms with E-state index in [-0.39, 0.29) is 0 Å². The normalized spacial score (nSPS) is 11.5. The molecule has 0 aliphatic rings. The Morgan fingerprint density at radius 3 is 2.48 bits per heavy atom. The first-order chi connectivity index (χ1) is 12.0. The molecule has 2 heterocycles. The van der Waals surface area contributed by atoms with Crippen LogP contribution >= 0.6 is 0 Å². The fourth-order valence-corrected chi connectivity index (χ4v) is 2.42. The first kappa shape index (κ1) is 18.4. The molecule has 0 spiro atoms. The highest BCUT2D eigenvalue weighted by Gasteiger charge is 2.09. The monoisotopic (exact) mass is 340 g/mol. The Kier molecular flexibility index (Phi) is 6.51. The van der Waals surface area contributed by atoms with Gasteiger partial charge >= 0.3 is 0 Å². The molecular weight excluding hydrogens is 316 g/mol. The number of hydrogen-bond donors (Lipinski definition) is 1. The maximum absolute atomic E-state index is 10.2. The van der Waals surface area contributed by atoms with Crippen molar-refractivity contribution in [2.24, 2.45) is 0 Å². The van der Waals surface area contributed by atoms with E-state index >= 15 is 0 Å². The first-order valence-electron chi connectivity index (χ1n) is 8.20. The van der Waals surface area contributed by atoms with Gasteiger partial charge in [-0.3, -0.25) is 4.68 Å². The summed E-state index contributed by atoms with van der Waals surface area (Å²) < 4.78 is 6.82. The molecule has 6 nitrogen and oxygen atoms in total. The van der Waals surface area contributed by atoms with E-state index in [1.807, 2.05) is 50.4 Å². The Labute approximate surface area is 147 Å². The van der Waals surface area contributed by atoms with Gasteiger partial charge in [0.15, 0.2) is 0 Å². The van der Waals surface area contributed by atoms with Gasteiger partial charge in [0.2, 0.25) is 0 Å².